The van der Waals surface area contributed by atoms with Crippen molar-refractivity contribution in [3.05, 3.63) is 35.4 Å². The summed E-state index contributed by atoms with van der Waals surface area (Å²) in [5, 5.41) is 0. The monoisotopic (exact) mass is 261 g/mol. The van der Waals surface area contributed by atoms with Gasteiger partial charge in [-0.05, 0) is 43.4 Å². The molecule has 0 bridgehead atoms. The molecule has 0 aromatic heterocycles. The van der Waals surface area contributed by atoms with Gasteiger partial charge in [-0.25, -0.2) is 4.79 Å². The van der Waals surface area contributed by atoms with Gasteiger partial charge in [-0.15, -0.1) is 0 Å². The Morgan fingerprint density at radius 2 is 1.95 bits per heavy atom. The van der Waals surface area contributed by atoms with Crippen molar-refractivity contribution in [1.82, 2.24) is 4.90 Å². The van der Waals surface area contributed by atoms with Crippen molar-refractivity contribution >= 4 is 5.97 Å². The van der Waals surface area contributed by atoms with Crippen LogP contribution in [0.3, 0.4) is 0 Å². The van der Waals surface area contributed by atoms with E-state index in [0.717, 1.165) is 12.5 Å². The van der Waals surface area contributed by atoms with Crippen LogP contribution in [0.1, 0.15) is 42.6 Å². The van der Waals surface area contributed by atoms with Crippen LogP contribution in [0.25, 0.3) is 0 Å². The lowest BCUT2D eigenvalue weighted by Gasteiger charge is -2.36. The molecular weight excluding hydrogens is 238 g/mol. The molecule has 1 fully saturated rings. The van der Waals surface area contributed by atoms with Crippen LogP contribution < -0.4 is 0 Å². The Bertz CT molecular complexity index is 427. The number of ether oxygens (including phenoxy) is 1. The lowest BCUT2D eigenvalue weighted by Crippen LogP contribution is -2.40. The van der Waals surface area contributed by atoms with Crippen LogP contribution in [-0.4, -0.2) is 30.6 Å². The predicted molar refractivity (Wildman–Crippen MR) is 76.1 cm³/mol. The second kappa shape index (κ2) is 6.20. The highest BCUT2D eigenvalue weighted by molar-refractivity contribution is 5.89. The van der Waals surface area contributed by atoms with Crippen LogP contribution in [0, 0.1) is 5.92 Å². The minimum atomic E-state index is -0.272. The highest BCUT2D eigenvalue weighted by atomic mass is 16.5. The van der Waals surface area contributed by atoms with Crippen LogP contribution >= 0.6 is 0 Å². The number of methoxy groups -OCH3 is 1. The average Bonchev–Trinajstić information content (AvgIpc) is 2.43. The molecule has 1 saturated heterocycles. The van der Waals surface area contributed by atoms with Gasteiger partial charge in [-0.1, -0.05) is 19.1 Å². The van der Waals surface area contributed by atoms with Crippen LogP contribution in [0.5, 0.6) is 0 Å². The van der Waals surface area contributed by atoms with Crippen LogP contribution in [0.4, 0.5) is 0 Å². The second-order valence-electron chi connectivity index (χ2n) is 5.65. The Kier molecular flexibility index (Phi) is 4.59. The molecule has 104 valence electrons. The van der Waals surface area contributed by atoms with Gasteiger partial charge in [0, 0.05) is 19.1 Å². The minimum absolute atomic E-state index is 0.272. The van der Waals surface area contributed by atoms with E-state index in [1.165, 1.54) is 32.1 Å². The molecule has 1 aliphatic heterocycles. The molecule has 0 aliphatic carbocycles. The van der Waals surface area contributed by atoms with Crippen LogP contribution in [-0.2, 0) is 11.3 Å². The van der Waals surface area contributed by atoms with Gasteiger partial charge < -0.3 is 4.74 Å². The maximum absolute atomic E-state index is 11.4. The van der Waals surface area contributed by atoms with Gasteiger partial charge in [-0.2, -0.15) is 0 Å². The summed E-state index contributed by atoms with van der Waals surface area (Å²) in [7, 11) is 1.41. The molecule has 1 heterocycles. The number of benzene rings is 1. The molecule has 0 saturated carbocycles. The topological polar surface area (TPSA) is 29.5 Å². The summed E-state index contributed by atoms with van der Waals surface area (Å²) < 4.78 is 4.71. The Labute approximate surface area is 115 Å². The van der Waals surface area contributed by atoms with Gasteiger partial charge in [0.1, 0.15) is 0 Å². The van der Waals surface area contributed by atoms with E-state index in [1.807, 2.05) is 24.3 Å². The van der Waals surface area contributed by atoms with E-state index in [9.17, 15) is 4.79 Å². The predicted octanol–water partition coefficient (Wildman–Crippen LogP) is 3.09. The van der Waals surface area contributed by atoms with Crippen molar-refractivity contribution in [1.29, 1.82) is 0 Å². The number of carbonyl (C=O) groups excluding carboxylic acids is 1. The Hall–Kier alpha value is -1.35. The molecule has 1 aliphatic rings. The summed E-state index contributed by atoms with van der Waals surface area (Å²) in [5.41, 5.74) is 1.87. The van der Waals surface area contributed by atoms with E-state index in [-0.39, 0.29) is 5.97 Å². The third-order valence-electron chi connectivity index (χ3n) is 4.01. The molecule has 1 aromatic rings. The number of piperidine rings is 1. The maximum Gasteiger partial charge on any atom is 0.337 e. The van der Waals surface area contributed by atoms with Gasteiger partial charge in [0.2, 0.25) is 0 Å². The Morgan fingerprint density at radius 1 is 1.26 bits per heavy atom. The summed E-state index contributed by atoms with van der Waals surface area (Å²) in [6, 6.07) is 8.39. The smallest absolute Gasteiger partial charge is 0.337 e. The first-order valence-electron chi connectivity index (χ1n) is 7.01. The lowest BCUT2D eigenvalue weighted by atomic mass is 9.94. The molecule has 0 N–H and O–H groups in total. The largest absolute Gasteiger partial charge is 0.465 e. The van der Waals surface area contributed by atoms with E-state index in [0.29, 0.717) is 11.6 Å². The zero-order valence-corrected chi connectivity index (χ0v) is 12.1. The zero-order chi connectivity index (χ0) is 13.8. The number of esters is 1. The first-order valence-corrected chi connectivity index (χ1v) is 7.01. The molecule has 2 unspecified atom stereocenters. The number of rotatable bonds is 3. The number of hydrogen-bond acceptors (Lipinski definition) is 3. The molecule has 0 amide bonds. The SMILES string of the molecule is COC(=O)c1ccc(CN2CC(C)CCC2C)cc1. The Morgan fingerprint density at radius 3 is 2.58 bits per heavy atom. The second-order valence-corrected chi connectivity index (χ2v) is 5.65. The van der Waals surface area contributed by atoms with Gasteiger partial charge in [0.25, 0.3) is 0 Å². The summed E-state index contributed by atoms with van der Waals surface area (Å²) in [6.07, 6.45) is 2.61. The molecule has 2 rings (SSSR count). The normalized spacial score (nSPS) is 24.2. The van der Waals surface area contributed by atoms with Gasteiger partial charge in [0.05, 0.1) is 12.7 Å². The van der Waals surface area contributed by atoms with Crippen molar-refractivity contribution in [3.8, 4) is 0 Å². The zero-order valence-electron chi connectivity index (χ0n) is 12.1. The highest BCUT2D eigenvalue weighted by Crippen LogP contribution is 2.23. The fourth-order valence-corrected chi connectivity index (χ4v) is 2.70. The number of nitrogens with zero attached hydrogens (tertiary/aromatic N) is 1. The van der Waals surface area contributed by atoms with E-state index in [4.69, 9.17) is 4.74 Å². The molecule has 3 nitrogen and oxygen atoms in total. The summed E-state index contributed by atoms with van der Waals surface area (Å²) in [5.74, 6) is 0.511. The van der Waals surface area contributed by atoms with E-state index in [2.05, 4.69) is 18.7 Å². The Balaban J connectivity index is 2.00. The van der Waals surface area contributed by atoms with Crippen molar-refractivity contribution in [2.45, 2.75) is 39.3 Å². The van der Waals surface area contributed by atoms with Crippen LogP contribution in [0.15, 0.2) is 24.3 Å². The fraction of sp³-hybridized carbons (Fsp3) is 0.562. The van der Waals surface area contributed by atoms with Gasteiger partial charge in [0.15, 0.2) is 0 Å². The summed E-state index contributed by atoms with van der Waals surface area (Å²) in [6.45, 7) is 6.75. The van der Waals surface area contributed by atoms with E-state index in [1.54, 1.807) is 0 Å². The third kappa shape index (κ3) is 3.57. The molecule has 19 heavy (non-hydrogen) atoms. The summed E-state index contributed by atoms with van der Waals surface area (Å²) in [4.78, 5) is 13.9. The minimum Gasteiger partial charge on any atom is -0.465 e. The molecular formula is C16H23NO2. The lowest BCUT2D eigenvalue weighted by molar-refractivity contribution is 0.0600. The highest BCUT2D eigenvalue weighted by Gasteiger charge is 2.22. The molecule has 2 atom stereocenters. The van der Waals surface area contributed by atoms with Gasteiger partial charge >= 0.3 is 5.97 Å². The standard InChI is InChI=1S/C16H23NO2/c1-12-4-5-13(2)17(10-12)11-14-6-8-15(9-7-14)16(18)19-3/h6-9,12-13H,4-5,10-11H2,1-3H3. The van der Waals surface area contributed by atoms with Crippen molar-refractivity contribution in [2.24, 2.45) is 5.92 Å². The molecule has 0 spiro atoms. The average molecular weight is 261 g/mol. The van der Waals surface area contributed by atoms with Crippen LogP contribution in [0.2, 0.25) is 0 Å². The third-order valence-corrected chi connectivity index (χ3v) is 4.01. The molecule has 0 radical (unpaired) electrons. The van der Waals surface area contributed by atoms with Crippen molar-refractivity contribution in [3.63, 3.8) is 0 Å². The molecule has 3 heteroatoms. The fourth-order valence-electron chi connectivity index (χ4n) is 2.70. The first-order chi connectivity index (χ1) is 9.10. The van der Waals surface area contributed by atoms with Crippen molar-refractivity contribution in [2.75, 3.05) is 13.7 Å². The summed E-state index contributed by atoms with van der Waals surface area (Å²) >= 11 is 0. The number of likely N-dealkylation sites (tertiary alicyclic amines) is 1. The van der Waals surface area contributed by atoms with Gasteiger partial charge in [-0.3, -0.25) is 4.90 Å². The van der Waals surface area contributed by atoms with E-state index >= 15 is 0 Å². The van der Waals surface area contributed by atoms with Crippen molar-refractivity contribution < 1.29 is 9.53 Å². The number of hydrogen-bond donors (Lipinski definition) is 0. The quantitative estimate of drug-likeness (QED) is 0.783. The maximum atomic E-state index is 11.4. The molecule has 1 aromatic carbocycles. The first kappa shape index (κ1) is 14.1. The van der Waals surface area contributed by atoms with E-state index < -0.39 is 0 Å². The number of carbonyl (C=O) groups is 1.